The minimum absolute atomic E-state index is 0.0479. The van der Waals surface area contributed by atoms with Gasteiger partial charge in [-0.2, -0.15) is 0 Å². The Balaban J connectivity index is 1.11. The van der Waals surface area contributed by atoms with Gasteiger partial charge >= 0.3 is 0 Å². The summed E-state index contributed by atoms with van der Waals surface area (Å²) in [4.78, 5) is 0. The highest BCUT2D eigenvalue weighted by atomic mass is 16.7. The van der Waals surface area contributed by atoms with Crippen LogP contribution in [0.1, 0.15) is 119 Å². The SMILES string of the molecule is CC(C)(C)C1CCC2(CCC(OCCOC3CCC4(CCC(C(C)(C)C)CC4)O3)O2)CC1. The van der Waals surface area contributed by atoms with Crippen molar-refractivity contribution in [1.29, 1.82) is 0 Å². The van der Waals surface area contributed by atoms with Gasteiger partial charge in [-0.1, -0.05) is 41.5 Å². The number of hydrogen-bond donors (Lipinski definition) is 0. The summed E-state index contributed by atoms with van der Waals surface area (Å²) in [5.74, 6) is 1.65. The first-order chi connectivity index (χ1) is 15.0. The Morgan fingerprint density at radius 2 is 0.875 bits per heavy atom. The topological polar surface area (TPSA) is 36.9 Å². The van der Waals surface area contributed by atoms with Gasteiger partial charge < -0.3 is 18.9 Å². The van der Waals surface area contributed by atoms with E-state index in [9.17, 15) is 0 Å². The van der Waals surface area contributed by atoms with Gasteiger partial charge in [-0.15, -0.1) is 0 Å². The second-order valence-electron chi connectivity index (χ2n) is 13.6. The van der Waals surface area contributed by atoms with Gasteiger partial charge in [0.15, 0.2) is 12.6 Å². The standard InChI is InChI=1S/C28H50O4/c1-25(2,3)21-7-13-27(14-8-21)17-11-23(31-27)29-19-20-30-24-12-18-28(32-24)15-9-22(10-16-28)26(4,5)6/h21-24H,7-20H2,1-6H3. The van der Waals surface area contributed by atoms with Gasteiger partial charge in [-0.05, 0) is 86.9 Å². The molecule has 2 spiro atoms. The normalized spacial score (nSPS) is 41.1. The van der Waals surface area contributed by atoms with E-state index in [4.69, 9.17) is 18.9 Å². The van der Waals surface area contributed by atoms with Crippen LogP contribution >= 0.6 is 0 Å². The molecule has 186 valence electrons. The van der Waals surface area contributed by atoms with Gasteiger partial charge in [0.2, 0.25) is 0 Å². The predicted octanol–water partition coefficient (Wildman–Crippen LogP) is 7.24. The highest BCUT2D eigenvalue weighted by Gasteiger charge is 2.46. The maximum atomic E-state index is 6.44. The number of rotatable bonds is 5. The third kappa shape index (κ3) is 5.90. The zero-order chi connectivity index (χ0) is 23.0. The van der Waals surface area contributed by atoms with Gasteiger partial charge in [0.25, 0.3) is 0 Å². The van der Waals surface area contributed by atoms with E-state index in [0.717, 1.165) is 37.5 Å². The van der Waals surface area contributed by atoms with Crippen LogP contribution in [0.2, 0.25) is 0 Å². The highest BCUT2D eigenvalue weighted by Crippen LogP contribution is 2.49. The molecule has 2 saturated heterocycles. The van der Waals surface area contributed by atoms with Gasteiger partial charge in [0, 0.05) is 12.8 Å². The van der Waals surface area contributed by atoms with Gasteiger partial charge in [-0.3, -0.25) is 0 Å². The van der Waals surface area contributed by atoms with E-state index >= 15 is 0 Å². The van der Waals surface area contributed by atoms with Crippen molar-refractivity contribution in [1.82, 2.24) is 0 Å². The molecule has 0 radical (unpaired) electrons. The first kappa shape index (κ1) is 24.9. The molecule has 2 unspecified atom stereocenters. The Morgan fingerprint density at radius 1 is 0.562 bits per heavy atom. The average Bonchev–Trinajstić information content (AvgIpc) is 3.29. The van der Waals surface area contributed by atoms with Crippen LogP contribution in [0.5, 0.6) is 0 Å². The van der Waals surface area contributed by atoms with Crippen molar-refractivity contribution >= 4 is 0 Å². The summed E-state index contributed by atoms with van der Waals surface area (Å²) in [6, 6.07) is 0. The first-order valence-corrected chi connectivity index (χ1v) is 13.6. The van der Waals surface area contributed by atoms with Crippen LogP contribution in [0, 0.1) is 22.7 Å². The van der Waals surface area contributed by atoms with Crippen LogP contribution in [-0.2, 0) is 18.9 Å². The van der Waals surface area contributed by atoms with Crippen molar-refractivity contribution in [2.75, 3.05) is 13.2 Å². The van der Waals surface area contributed by atoms with Crippen LogP contribution in [-0.4, -0.2) is 37.0 Å². The van der Waals surface area contributed by atoms with E-state index in [-0.39, 0.29) is 23.8 Å². The van der Waals surface area contributed by atoms with E-state index in [1.165, 1.54) is 51.4 Å². The molecule has 4 heteroatoms. The first-order valence-electron chi connectivity index (χ1n) is 13.6. The lowest BCUT2D eigenvalue weighted by molar-refractivity contribution is -0.209. The van der Waals surface area contributed by atoms with Gasteiger partial charge in [-0.25, -0.2) is 0 Å². The molecular weight excluding hydrogens is 400 g/mol. The Hall–Kier alpha value is -0.160. The molecule has 2 saturated carbocycles. The average molecular weight is 451 g/mol. The molecule has 0 aromatic carbocycles. The molecular formula is C28H50O4. The van der Waals surface area contributed by atoms with Crippen LogP contribution in [0.4, 0.5) is 0 Å². The molecule has 4 aliphatic rings. The molecule has 2 aliphatic carbocycles. The van der Waals surface area contributed by atoms with Crippen molar-refractivity contribution in [3.63, 3.8) is 0 Å². The van der Waals surface area contributed by atoms with Crippen LogP contribution in [0.25, 0.3) is 0 Å². The summed E-state index contributed by atoms with van der Waals surface area (Å²) in [6.07, 6.45) is 14.2. The summed E-state index contributed by atoms with van der Waals surface area (Å²) in [5.41, 5.74) is 1.00. The maximum Gasteiger partial charge on any atom is 0.158 e. The zero-order valence-electron chi connectivity index (χ0n) is 21.8. The molecule has 4 rings (SSSR count). The lowest BCUT2D eigenvalue weighted by Gasteiger charge is -2.42. The third-order valence-electron chi connectivity index (χ3n) is 9.37. The molecule has 2 atom stereocenters. The summed E-state index contributed by atoms with van der Waals surface area (Å²) >= 11 is 0. The molecule has 32 heavy (non-hydrogen) atoms. The molecule has 0 N–H and O–H groups in total. The molecule has 2 heterocycles. The lowest BCUT2D eigenvalue weighted by Crippen LogP contribution is -2.38. The Kier molecular flexibility index (Phi) is 7.39. The molecule has 0 amide bonds. The van der Waals surface area contributed by atoms with E-state index < -0.39 is 0 Å². The minimum atomic E-state index is -0.0479. The van der Waals surface area contributed by atoms with E-state index in [0.29, 0.717) is 24.0 Å². The Labute approximate surface area is 197 Å². The van der Waals surface area contributed by atoms with Gasteiger partial charge in [0.05, 0.1) is 24.4 Å². The number of ether oxygens (including phenoxy) is 4. The Bertz CT molecular complexity index is 546. The maximum absolute atomic E-state index is 6.44. The van der Waals surface area contributed by atoms with Gasteiger partial charge in [0.1, 0.15) is 0 Å². The third-order valence-corrected chi connectivity index (χ3v) is 9.37. The van der Waals surface area contributed by atoms with Crippen molar-refractivity contribution in [3.8, 4) is 0 Å². The minimum Gasteiger partial charge on any atom is -0.350 e. The smallest absolute Gasteiger partial charge is 0.158 e. The van der Waals surface area contributed by atoms with Crippen molar-refractivity contribution in [2.45, 2.75) is 142 Å². The predicted molar refractivity (Wildman–Crippen MR) is 128 cm³/mol. The fraction of sp³-hybridized carbons (Fsp3) is 1.00. The summed E-state index contributed by atoms with van der Waals surface area (Å²) in [7, 11) is 0. The fourth-order valence-corrected chi connectivity index (χ4v) is 6.90. The second kappa shape index (κ2) is 9.47. The monoisotopic (exact) mass is 450 g/mol. The number of hydrogen-bond acceptors (Lipinski definition) is 4. The van der Waals surface area contributed by atoms with E-state index in [1.54, 1.807) is 0 Å². The molecule has 0 aromatic heterocycles. The van der Waals surface area contributed by atoms with E-state index in [1.807, 2.05) is 0 Å². The molecule has 0 bridgehead atoms. The second-order valence-corrected chi connectivity index (χ2v) is 13.6. The lowest BCUT2D eigenvalue weighted by atomic mass is 9.68. The zero-order valence-corrected chi connectivity index (χ0v) is 21.8. The summed E-state index contributed by atoms with van der Waals surface area (Å²) in [5, 5.41) is 0. The van der Waals surface area contributed by atoms with E-state index in [2.05, 4.69) is 41.5 Å². The fourth-order valence-electron chi connectivity index (χ4n) is 6.90. The highest BCUT2D eigenvalue weighted by molar-refractivity contribution is 4.95. The molecule has 0 aromatic rings. The summed E-state index contributed by atoms with van der Waals surface area (Å²) < 4.78 is 25.0. The Morgan fingerprint density at radius 3 is 1.19 bits per heavy atom. The van der Waals surface area contributed by atoms with Crippen molar-refractivity contribution < 1.29 is 18.9 Å². The molecule has 4 nitrogen and oxygen atoms in total. The molecule has 2 aliphatic heterocycles. The summed E-state index contributed by atoms with van der Waals surface area (Å²) in [6.45, 7) is 15.5. The van der Waals surface area contributed by atoms with Crippen LogP contribution < -0.4 is 0 Å². The largest absolute Gasteiger partial charge is 0.350 e. The van der Waals surface area contributed by atoms with Crippen molar-refractivity contribution in [3.05, 3.63) is 0 Å². The van der Waals surface area contributed by atoms with Crippen LogP contribution in [0.15, 0.2) is 0 Å². The van der Waals surface area contributed by atoms with Crippen LogP contribution in [0.3, 0.4) is 0 Å². The molecule has 4 fully saturated rings. The van der Waals surface area contributed by atoms with Crippen molar-refractivity contribution in [2.24, 2.45) is 22.7 Å². The quantitative estimate of drug-likeness (QED) is 0.414.